The number of amides is 1. The lowest BCUT2D eigenvalue weighted by Gasteiger charge is -2.41. The van der Waals surface area contributed by atoms with Gasteiger partial charge in [-0.15, -0.1) is 0 Å². The highest BCUT2D eigenvalue weighted by Crippen LogP contribution is 2.38. The summed E-state index contributed by atoms with van der Waals surface area (Å²) in [4.78, 5) is 16.9. The molecule has 7 nitrogen and oxygen atoms in total. The molecular weight excluding hydrogens is 454 g/mol. The van der Waals surface area contributed by atoms with Gasteiger partial charge in [-0.3, -0.25) is 4.79 Å². The molecule has 1 aromatic heterocycles. The quantitative estimate of drug-likeness (QED) is 0.672. The lowest BCUT2D eigenvalue weighted by atomic mass is 9.98. The summed E-state index contributed by atoms with van der Waals surface area (Å²) in [5.74, 6) is -3.16. The molecule has 2 aromatic rings. The molecule has 0 aliphatic carbocycles. The number of carbonyl (C=O) groups excluding carboxylic acids is 1. The molecule has 3 N–H and O–H groups in total. The smallest absolute Gasteiger partial charge is 0.355 e. The van der Waals surface area contributed by atoms with E-state index >= 15 is 0 Å². The van der Waals surface area contributed by atoms with Crippen molar-refractivity contribution in [1.82, 2.24) is 4.98 Å². The van der Waals surface area contributed by atoms with E-state index in [1.165, 1.54) is 12.1 Å². The van der Waals surface area contributed by atoms with Crippen LogP contribution in [0, 0.1) is 5.92 Å². The Morgan fingerprint density at radius 2 is 1.77 bits per heavy atom. The number of aromatic nitrogens is 1. The summed E-state index contributed by atoms with van der Waals surface area (Å²) in [7, 11) is -4.12. The largest absolute Gasteiger partial charge is 0.417 e. The van der Waals surface area contributed by atoms with E-state index in [0.717, 1.165) is 17.0 Å². The Balaban J connectivity index is 1.93. The van der Waals surface area contributed by atoms with E-state index in [2.05, 4.69) is 10.3 Å². The van der Waals surface area contributed by atoms with Crippen LogP contribution in [0.2, 0.25) is 0 Å². The zero-order valence-corrected chi connectivity index (χ0v) is 16.1. The number of rotatable bonds is 4. The van der Waals surface area contributed by atoms with Crippen LogP contribution in [-0.4, -0.2) is 38.6 Å². The molecule has 14 heteroatoms. The number of nitrogens with two attached hydrogens (primary N) is 1. The van der Waals surface area contributed by atoms with Gasteiger partial charge in [-0.25, -0.2) is 18.5 Å². The molecule has 1 saturated heterocycles. The lowest BCUT2D eigenvalue weighted by Crippen LogP contribution is -2.54. The number of pyridine rings is 1. The second-order valence-electron chi connectivity index (χ2n) is 6.76. The summed E-state index contributed by atoms with van der Waals surface area (Å²) in [6, 6.07) is 5.10. The Kier molecular flexibility index (Phi) is 5.65. The highest BCUT2D eigenvalue weighted by molar-refractivity contribution is 7.89. The van der Waals surface area contributed by atoms with Crippen LogP contribution < -0.4 is 15.4 Å². The summed E-state index contributed by atoms with van der Waals surface area (Å²) in [5, 5.41) is 7.22. The number of nitrogens with zero attached hydrogens (tertiary/aromatic N) is 2. The van der Waals surface area contributed by atoms with Crippen LogP contribution >= 0.6 is 0 Å². The van der Waals surface area contributed by atoms with E-state index in [4.69, 9.17) is 5.14 Å². The van der Waals surface area contributed by atoms with Gasteiger partial charge >= 0.3 is 12.4 Å². The summed E-state index contributed by atoms with van der Waals surface area (Å²) < 4.78 is 100. The van der Waals surface area contributed by atoms with Gasteiger partial charge in [0.1, 0.15) is 5.82 Å². The Bertz CT molecular complexity index is 1110. The van der Waals surface area contributed by atoms with Gasteiger partial charge in [0, 0.05) is 25.0 Å². The standard InChI is InChI=1S/C17H14F6N4O3S/c18-16(19,20)9-4-13(14(25-6-9)27-7-10(8-27)17(21,22)23)15(28)26-11-2-1-3-12(5-11)31(24,29)30/h1-6,10H,7-8H2,(H,26,28)(H2,24,29,30). The minimum atomic E-state index is -4.85. The Morgan fingerprint density at radius 1 is 1.13 bits per heavy atom. The van der Waals surface area contributed by atoms with Gasteiger partial charge in [0.25, 0.3) is 5.91 Å². The number of nitrogens with one attached hydrogen (secondary N) is 1. The van der Waals surface area contributed by atoms with Crippen molar-refractivity contribution in [3.8, 4) is 0 Å². The van der Waals surface area contributed by atoms with E-state index < -0.39 is 58.4 Å². The van der Waals surface area contributed by atoms with Crippen molar-refractivity contribution in [3.05, 3.63) is 47.7 Å². The van der Waals surface area contributed by atoms with Crippen molar-refractivity contribution in [2.75, 3.05) is 23.3 Å². The molecule has 0 unspecified atom stereocenters. The summed E-state index contributed by atoms with van der Waals surface area (Å²) in [6.07, 6.45) is -8.91. The fourth-order valence-electron chi connectivity index (χ4n) is 2.84. The van der Waals surface area contributed by atoms with E-state index in [0.29, 0.717) is 12.3 Å². The van der Waals surface area contributed by atoms with Crippen LogP contribution in [0.25, 0.3) is 0 Å². The second kappa shape index (κ2) is 7.67. The third-order valence-corrected chi connectivity index (χ3v) is 5.41. The number of hydrogen-bond acceptors (Lipinski definition) is 5. The second-order valence-corrected chi connectivity index (χ2v) is 8.32. The first kappa shape index (κ1) is 22.8. The molecule has 3 rings (SSSR count). The molecule has 1 aromatic carbocycles. The fourth-order valence-corrected chi connectivity index (χ4v) is 3.40. The van der Waals surface area contributed by atoms with Crippen LogP contribution in [0.5, 0.6) is 0 Å². The molecular formula is C17H14F6N4O3S. The zero-order valence-electron chi connectivity index (χ0n) is 15.3. The zero-order chi connectivity index (χ0) is 23.2. The predicted octanol–water partition coefficient (Wildman–Crippen LogP) is 3.00. The molecule has 0 bridgehead atoms. The average molecular weight is 468 g/mol. The number of primary sulfonamides is 1. The molecule has 0 saturated carbocycles. The monoisotopic (exact) mass is 468 g/mol. The van der Waals surface area contributed by atoms with Crippen molar-refractivity contribution in [2.45, 2.75) is 17.2 Å². The molecule has 1 aliphatic rings. The fraction of sp³-hybridized carbons (Fsp3) is 0.294. The van der Waals surface area contributed by atoms with E-state index in [1.807, 2.05) is 0 Å². The van der Waals surface area contributed by atoms with Gasteiger partial charge in [-0.05, 0) is 24.3 Å². The van der Waals surface area contributed by atoms with Gasteiger partial charge < -0.3 is 10.2 Å². The first-order chi connectivity index (χ1) is 14.2. The summed E-state index contributed by atoms with van der Waals surface area (Å²) in [6.45, 7) is -1.13. The van der Waals surface area contributed by atoms with Crippen molar-refractivity contribution in [2.24, 2.45) is 11.1 Å². The molecule has 1 fully saturated rings. The average Bonchev–Trinajstić information content (AvgIpc) is 2.58. The number of carbonyl (C=O) groups is 1. The van der Waals surface area contributed by atoms with Crippen LogP contribution in [0.15, 0.2) is 41.4 Å². The molecule has 2 heterocycles. The highest BCUT2D eigenvalue weighted by atomic mass is 32.2. The maximum absolute atomic E-state index is 13.1. The summed E-state index contributed by atoms with van der Waals surface area (Å²) in [5.41, 5.74) is -1.99. The molecule has 1 amide bonds. The van der Waals surface area contributed by atoms with Crippen molar-refractivity contribution in [1.29, 1.82) is 0 Å². The van der Waals surface area contributed by atoms with E-state index in [9.17, 15) is 39.6 Å². The molecule has 31 heavy (non-hydrogen) atoms. The van der Waals surface area contributed by atoms with Crippen LogP contribution in [0.4, 0.5) is 37.8 Å². The Morgan fingerprint density at radius 3 is 2.32 bits per heavy atom. The van der Waals surface area contributed by atoms with Crippen LogP contribution in [0.1, 0.15) is 15.9 Å². The first-order valence-corrected chi connectivity index (χ1v) is 10.0. The number of hydrogen-bond donors (Lipinski definition) is 2. The third kappa shape index (κ3) is 5.07. The van der Waals surface area contributed by atoms with Crippen molar-refractivity contribution in [3.63, 3.8) is 0 Å². The van der Waals surface area contributed by atoms with Gasteiger partial charge in [0.15, 0.2) is 0 Å². The van der Waals surface area contributed by atoms with Crippen LogP contribution in [0.3, 0.4) is 0 Å². The van der Waals surface area contributed by atoms with Gasteiger partial charge in [0.2, 0.25) is 10.0 Å². The Hall–Kier alpha value is -2.87. The molecule has 0 radical (unpaired) electrons. The predicted molar refractivity (Wildman–Crippen MR) is 96.8 cm³/mol. The highest BCUT2D eigenvalue weighted by Gasteiger charge is 2.48. The minimum absolute atomic E-state index is 0.100. The van der Waals surface area contributed by atoms with E-state index in [-0.39, 0.29) is 16.4 Å². The topological polar surface area (TPSA) is 105 Å². The number of sulfonamides is 1. The molecule has 0 atom stereocenters. The number of benzene rings is 1. The minimum Gasteiger partial charge on any atom is -0.355 e. The van der Waals surface area contributed by atoms with Crippen molar-refractivity contribution < 1.29 is 39.6 Å². The Labute approximate surface area is 171 Å². The van der Waals surface area contributed by atoms with Crippen LogP contribution in [-0.2, 0) is 16.2 Å². The van der Waals surface area contributed by atoms with Crippen molar-refractivity contribution >= 4 is 27.4 Å². The van der Waals surface area contributed by atoms with E-state index in [1.54, 1.807) is 0 Å². The normalized spacial score (nSPS) is 15.5. The number of halogens is 6. The lowest BCUT2D eigenvalue weighted by molar-refractivity contribution is -0.180. The maximum atomic E-state index is 13.1. The number of anilines is 2. The molecule has 0 spiro atoms. The SMILES string of the molecule is NS(=O)(=O)c1cccc(NC(=O)c2cc(C(F)(F)F)cnc2N2CC(C(F)(F)F)C2)c1. The van der Waals surface area contributed by atoms with Gasteiger partial charge in [0.05, 0.1) is 21.9 Å². The third-order valence-electron chi connectivity index (χ3n) is 4.50. The number of alkyl halides is 6. The first-order valence-electron chi connectivity index (χ1n) is 8.49. The maximum Gasteiger partial charge on any atom is 0.417 e. The van der Waals surface area contributed by atoms with Gasteiger partial charge in [-0.2, -0.15) is 26.3 Å². The summed E-state index contributed by atoms with van der Waals surface area (Å²) >= 11 is 0. The van der Waals surface area contributed by atoms with Gasteiger partial charge in [-0.1, -0.05) is 6.07 Å². The molecule has 1 aliphatic heterocycles. The molecule has 168 valence electrons.